The van der Waals surface area contributed by atoms with Gasteiger partial charge in [0.25, 0.3) is 0 Å². The molecule has 0 saturated carbocycles. The van der Waals surface area contributed by atoms with Crippen molar-refractivity contribution in [2.75, 3.05) is 13.2 Å². The normalized spacial score (nSPS) is 12.8. The molecular weight excluding hydrogens is 949 g/mol. The Bertz CT molecular complexity index is 1560. The van der Waals surface area contributed by atoms with Crippen LogP contribution >= 0.6 is 0 Å². The van der Waals surface area contributed by atoms with Crippen LogP contribution < -0.4 is 0 Å². The molecule has 0 aromatic rings. The van der Waals surface area contributed by atoms with Gasteiger partial charge in [0.15, 0.2) is 6.10 Å². The Morgan fingerprint density at radius 2 is 0.506 bits per heavy atom. The minimum Gasteiger partial charge on any atom is -0.462 e. The van der Waals surface area contributed by atoms with E-state index in [4.69, 9.17) is 14.2 Å². The molecule has 6 heteroatoms. The summed E-state index contributed by atoms with van der Waals surface area (Å²) in [5.74, 6) is -0.909. The van der Waals surface area contributed by atoms with Crippen molar-refractivity contribution in [3.05, 3.63) is 109 Å². The van der Waals surface area contributed by atoms with Crippen molar-refractivity contribution in [3.8, 4) is 0 Å². The molecule has 0 radical (unpaired) electrons. The quantitative estimate of drug-likeness (QED) is 0.0261. The summed E-state index contributed by atoms with van der Waals surface area (Å²) >= 11 is 0. The third-order valence-corrected chi connectivity index (χ3v) is 13.7. The first-order valence-electron chi connectivity index (χ1n) is 32.4. The molecule has 0 aromatic heterocycles. The molecule has 0 aliphatic carbocycles. The molecule has 0 spiro atoms. The van der Waals surface area contributed by atoms with Gasteiger partial charge in [-0.25, -0.2) is 0 Å². The van der Waals surface area contributed by atoms with E-state index in [1.54, 1.807) is 0 Å². The van der Waals surface area contributed by atoms with E-state index in [0.29, 0.717) is 19.3 Å². The summed E-state index contributed by atoms with van der Waals surface area (Å²) in [6, 6.07) is 0. The van der Waals surface area contributed by atoms with Gasteiger partial charge >= 0.3 is 17.9 Å². The summed E-state index contributed by atoms with van der Waals surface area (Å²) in [4.78, 5) is 38.4. The fourth-order valence-corrected chi connectivity index (χ4v) is 8.88. The lowest BCUT2D eigenvalue weighted by atomic mass is 10.1. The van der Waals surface area contributed by atoms with Crippen molar-refractivity contribution >= 4 is 17.9 Å². The van der Waals surface area contributed by atoms with Crippen molar-refractivity contribution in [1.82, 2.24) is 0 Å². The molecule has 77 heavy (non-hydrogen) atoms. The maximum atomic E-state index is 12.9. The highest BCUT2D eigenvalue weighted by Crippen LogP contribution is 2.15. The average molecular weight is 1070 g/mol. The predicted molar refractivity (Wildman–Crippen MR) is 334 cm³/mol. The van der Waals surface area contributed by atoms with Gasteiger partial charge in [0, 0.05) is 19.3 Å². The predicted octanol–water partition coefficient (Wildman–Crippen LogP) is 22.2. The Morgan fingerprint density at radius 1 is 0.273 bits per heavy atom. The summed E-state index contributed by atoms with van der Waals surface area (Å²) in [5.41, 5.74) is 0. The van der Waals surface area contributed by atoms with Crippen LogP contribution in [0.5, 0.6) is 0 Å². The van der Waals surface area contributed by atoms with E-state index in [-0.39, 0.29) is 31.1 Å². The summed E-state index contributed by atoms with van der Waals surface area (Å²) in [6.45, 7) is 6.49. The second kappa shape index (κ2) is 64.6. The minimum atomic E-state index is -0.794. The number of allylic oxidation sites excluding steroid dienone is 18. The van der Waals surface area contributed by atoms with Crippen LogP contribution in [0.2, 0.25) is 0 Å². The number of carbonyl (C=O) groups excluding carboxylic acids is 3. The minimum absolute atomic E-state index is 0.0896. The first kappa shape index (κ1) is 73.1. The Hall–Kier alpha value is -3.93. The maximum absolute atomic E-state index is 12.9. The molecule has 0 fully saturated rings. The zero-order valence-electron chi connectivity index (χ0n) is 50.4. The van der Waals surface area contributed by atoms with Crippen LogP contribution in [0, 0.1) is 0 Å². The molecule has 6 nitrogen and oxygen atoms in total. The third-order valence-electron chi connectivity index (χ3n) is 13.7. The number of rotatable bonds is 58. The number of esters is 3. The Kier molecular flexibility index (Phi) is 61.3. The fraction of sp³-hybridized carbons (Fsp3) is 0.704. The number of hydrogen-bond donors (Lipinski definition) is 0. The van der Waals surface area contributed by atoms with E-state index in [9.17, 15) is 14.4 Å². The number of hydrogen-bond acceptors (Lipinski definition) is 6. The number of unbranched alkanes of at least 4 members (excludes halogenated alkanes) is 29. The standard InChI is InChI=1S/C71H120O6/c1-4-7-10-13-16-19-22-25-28-31-33-34-35-36-37-38-39-41-43-46-49-52-55-58-61-64-70(73)76-67-68(66-75-69(72)63-60-57-54-51-48-45-42-30-27-24-21-18-15-12-9-6-3)77-71(74)65-62-59-56-53-50-47-44-40-32-29-26-23-20-17-14-11-8-5-2/h7,10,16,19-21,23-25,28-30,32-34,36-37,42,68H,4-6,8-9,11-15,17-18,22,26-27,31,35,38-41,43-67H2,1-3H3/b10-7-,19-16-,23-20-,24-21-,28-25-,32-29-,34-33-,37-36-,42-30-. The van der Waals surface area contributed by atoms with Crippen molar-refractivity contribution in [3.63, 3.8) is 0 Å². The van der Waals surface area contributed by atoms with Crippen LogP contribution in [-0.4, -0.2) is 37.2 Å². The van der Waals surface area contributed by atoms with Crippen molar-refractivity contribution < 1.29 is 28.6 Å². The highest BCUT2D eigenvalue weighted by molar-refractivity contribution is 5.71. The first-order valence-corrected chi connectivity index (χ1v) is 32.4. The molecule has 0 aromatic carbocycles. The topological polar surface area (TPSA) is 78.9 Å². The molecule has 0 aliphatic rings. The second-order valence-corrected chi connectivity index (χ2v) is 21.3. The van der Waals surface area contributed by atoms with E-state index in [0.717, 1.165) is 135 Å². The van der Waals surface area contributed by atoms with Crippen LogP contribution in [-0.2, 0) is 28.6 Å². The molecule has 0 bridgehead atoms. The smallest absolute Gasteiger partial charge is 0.306 e. The van der Waals surface area contributed by atoms with Gasteiger partial charge in [-0.1, -0.05) is 265 Å². The summed E-state index contributed by atoms with van der Waals surface area (Å²) in [7, 11) is 0. The van der Waals surface area contributed by atoms with Gasteiger partial charge in [0.2, 0.25) is 0 Å². The molecule has 0 heterocycles. The van der Waals surface area contributed by atoms with Gasteiger partial charge in [-0.05, 0) is 128 Å². The molecule has 1 unspecified atom stereocenters. The zero-order chi connectivity index (χ0) is 55.7. The Labute approximate surface area is 476 Å². The second-order valence-electron chi connectivity index (χ2n) is 21.3. The average Bonchev–Trinajstić information content (AvgIpc) is 3.43. The first-order chi connectivity index (χ1) is 38.0. The van der Waals surface area contributed by atoms with Crippen LogP contribution in [0.1, 0.15) is 303 Å². The molecular formula is C71H120O6. The Morgan fingerprint density at radius 3 is 0.792 bits per heavy atom. The van der Waals surface area contributed by atoms with Crippen LogP contribution in [0.25, 0.3) is 0 Å². The van der Waals surface area contributed by atoms with E-state index in [2.05, 4.69) is 130 Å². The molecule has 0 rings (SSSR count). The molecule has 0 saturated heterocycles. The largest absolute Gasteiger partial charge is 0.462 e. The van der Waals surface area contributed by atoms with Crippen molar-refractivity contribution in [1.29, 1.82) is 0 Å². The van der Waals surface area contributed by atoms with E-state index >= 15 is 0 Å². The van der Waals surface area contributed by atoms with E-state index in [1.807, 2.05) is 0 Å². The van der Waals surface area contributed by atoms with Gasteiger partial charge in [-0.3, -0.25) is 14.4 Å². The lowest BCUT2D eigenvalue weighted by molar-refractivity contribution is -0.167. The summed E-state index contributed by atoms with van der Waals surface area (Å²) in [5, 5.41) is 0. The van der Waals surface area contributed by atoms with Crippen molar-refractivity contribution in [2.45, 2.75) is 309 Å². The lowest BCUT2D eigenvalue weighted by Gasteiger charge is -2.18. The molecule has 0 aliphatic heterocycles. The molecule has 0 N–H and O–H groups in total. The monoisotopic (exact) mass is 1070 g/mol. The van der Waals surface area contributed by atoms with E-state index in [1.165, 1.54) is 128 Å². The maximum Gasteiger partial charge on any atom is 0.306 e. The molecule has 1 atom stereocenters. The van der Waals surface area contributed by atoms with Crippen LogP contribution in [0.4, 0.5) is 0 Å². The van der Waals surface area contributed by atoms with Crippen LogP contribution in [0.3, 0.4) is 0 Å². The highest BCUT2D eigenvalue weighted by atomic mass is 16.6. The fourth-order valence-electron chi connectivity index (χ4n) is 8.88. The molecule has 440 valence electrons. The van der Waals surface area contributed by atoms with Crippen LogP contribution in [0.15, 0.2) is 109 Å². The van der Waals surface area contributed by atoms with Gasteiger partial charge in [-0.15, -0.1) is 0 Å². The Balaban J connectivity index is 4.40. The lowest BCUT2D eigenvalue weighted by Crippen LogP contribution is -2.30. The summed E-state index contributed by atoms with van der Waals surface area (Å²) in [6.07, 6.45) is 88.0. The number of carbonyl (C=O) groups is 3. The summed E-state index contributed by atoms with van der Waals surface area (Å²) < 4.78 is 16.9. The van der Waals surface area contributed by atoms with Gasteiger partial charge in [0.1, 0.15) is 13.2 Å². The highest BCUT2D eigenvalue weighted by Gasteiger charge is 2.19. The molecule has 0 amide bonds. The van der Waals surface area contributed by atoms with Gasteiger partial charge in [0.05, 0.1) is 0 Å². The van der Waals surface area contributed by atoms with Gasteiger partial charge in [-0.2, -0.15) is 0 Å². The van der Waals surface area contributed by atoms with E-state index < -0.39 is 6.10 Å². The van der Waals surface area contributed by atoms with Crippen molar-refractivity contribution in [2.24, 2.45) is 0 Å². The van der Waals surface area contributed by atoms with Gasteiger partial charge < -0.3 is 14.2 Å². The number of ether oxygens (including phenoxy) is 3. The third kappa shape index (κ3) is 62.8. The SMILES string of the molecule is CC/C=C\C/C=C\C/C=C\C/C=C\C/C=C\CCCCCCCCCCCC(=O)OCC(COC(=O)CCCCCCC/C=C\C/C=C\CCCCCC)OC(=O)CCCCCCCCC/C=C\C/C=C\CCCCCC. The zero-order valence-corrected chi connectivity index (χ0v) is 50.4.